The van der Waals surface area contributed by atoms with Crippen molar-refractivity contribution in [2.24, 2.45) is 0 Å². The van der Waals surface area contributed by atoms with Crippen LogP contribution in [0.5, 0.6) is 0 Å². The van der Waals surface area contributed by atoms with E-state index < -0.39 is 5.97 Å². The van der Waals surface area contributed by atoms with Crippen LogP contribution in [0.2, 0.25) is 0 Å². The number of amides is 2. The van der Waals surface area contributed by atoms with Crippen molar-refractivity contribution < 1.29 is 19.1 Å². The topological polar surface area (TPSA) is 75.7 Å². The quantitative estimate of drug-likeness (QED) is 0.407. The summed E-state index contributed by atoms with van der Waals surface area (Å²) in [5.41, 5.74) is 1.32. The highest BCUT2D eigenvalue weighted by molar-refractivity contribution is 7.99. The Morgan fingerprint density at radius 1 is 1.24 bits per heavy atom. The van der Waals surface area contributed by atoms with Gasteiger partial charge >= 0.3 is 5.97 Å². The molecule has 1 aromatic carbocycles. The molecule has 0 radical (unpaired) electrons. The van der Waals surface area contributed by atoms with Gasteiger partial charge in [-0.25, -0.2) is 4.79 Å². The van der Waals surface area contributed by atoms with Crippen molar-refractivity contribution in [3.8, 4) is 0 Å². The van der Waals surface area contributed by atoms with Crippen molar-refractivity contribution in [1.82, 2.24) is 4.90 Å². The Hall–Kier alpha value is -2.32. The molecule has 0 aliphatic carbocycles. The lowest BCUT2D eigenvalue weighted by molar-refractivity contribution is -0.129. The van der Waals surface area contributed by atoms with Crippen LogP contribution in [-0.2, 0) is 27.3 Å². The predicted octanol–water partition coefficient (Wildman–Crippen LogP) is 3.95. The van der Waals surface area contributed by atoms with Crippen molar-refractivity contribution in [3.05, 3.63) is 46.3 Å². The second kappa shape index (κ2) is 9.93. The molecule has 0 spiro atoms. The molecule has 29 heavy (non-hydrogen) atoms. The van der Waals surface area contributed by atoms with Crippen LogP contribution in [0.25, 0.3) is 0 Å². The van der Waals surface area contributed by atoms with Gasteiger partial charge in [0.1, 0.15) is 5.00 Å². The van der Waals surface area contributed by atoms with Gasteiger partial charge in [-0.15, -0.1) is 23.1 Å². The summed E-state index contributed by atoms with van der Waals surface area (Å²) in [4.78, 5) is 40.3. The van der Waals surface area contributed by atoms with Gasteiger partial charge < -0.3 is 15.0 Å². The number of nitrogens with zero attached hydrogens (tertiary/aromatic N) is 1. The standard InChI is InChI=1S/C21H24N2O4S2/c1-14(24)23-11-10-16-17(13-23)29-20(19(16)21(26)27-2)22-18(25)9-6-12-28-15-7-4-3-5-8-15/h3-5,7-8H,6,9-13H2,1-2H3,(H,22,25). The van der Waals surface area contributed by atoms with Crippen LogP contribution in [0.3, 0.4) is 0 Å². The third kappa shape index (κ3) is 5.39. The normalized spacial score (nSPS) is 13.0. The minimum Gasteiger partial charge on any atom is -0.465 e. The summed E-state index contributed by atoms with van der Waals surface area (Å²) in [6.45, 7) is 2.56. The van der Waals surface area contributed by atoms with E-state index >= 15 is 0 Å². The molecule has 2 heterocycles. The van der Waals surface area contributed by atoms with Gasteiger partial charge in [-0.2, -0.15) is 0 Å². The molecule has 1 N–H and O–H groups in total. The molecular weight excluding hydrogens is 408 g/mol. The molecule has 0 saturated carbocycles. The van der Waals surface area contributed by atoms with Crippen molar-refractivity contribution in [2.75, 3.05) is 24.7 Å². The Balaban J connectivity index is 1.62. The third-order valence-corrected chi connectivity index (χ3v) is 6.94. The average molecular weight is 433 g/mol. The maximum Gasteiger partial charge on any atom is 0.341 e. The van der Waals surface area contributed by atoms with Gasteiger partial charge in [0.25, 0.3) is 0 Å². The van der Waals surface area contributed by atoms with Gasteiger partial charge in [-0.1, -0.05) is 18.2 Å². The number of rotatable bonds is 7. The van der Waals surface area contributed by atoms with Gasteiger partial charge in [0.05, 0.1) is 19.2 Å². The zero-order valence-corrected chi connectivity index (χ0v) is 18.2. The van der Waals surface area contributed by atoms with E-state index in [2.05, 4.69) is 5.32 Å². The zero-order valence-electron chi connectivity index (χ0n) is 16.5. The Labute approximate surface area is 178 Å². The SMILES string of the molecule is COC(=O)c1c(NC(=O)CCCSc2ccccc2)sc2c1CCN(C(C)=O)C2. The number of fused-ring (bicyclic) bond motifs is 1. The molecule has 6 nitrogen and oxygen atoms in total. The van der Waals surface area contributed by atoms with Crippen molar-refractivity contribution in [3.63, 3.8) is 0 Å². The van der Waals surface area contributed by atoms with Gasteiger partial charge in [-0.3, -0.25) is 9.59 Å². The summed E-state index contributed by atoms with van der Waals surface area (Å²) in [5, 5.41) is 3.41. The van der Waals surface area contributed by atoms with E-state index in [1.54, 1.807) is 16.7 Å². The van der Waals surface area contributed by atoms with E-state index in [1.807, 2.05) is 30.3 Å². The fourth-order valence-electron chi connectivity index (χ4n) is 3.21. The van der Waals surface area contributed by atoms with Crippen LogP contribution in [0, 0.1) is 0 Å². The molecule has 2 amide bonds. The van der Waals surface area contributed by atoms with E-state index in [1.165, 1.54) is 30.3 Å². The zero-order chi connectivity index (χ0) is 20.8. The molecule has 2 aromatic rings. The number of carbonyl (C=O) groups excluding carboxylic acids is 3. The number of esters is 1. The molecule has 0 bridgehead atoms. The van der Waals surface area contributed by atoms with E-state index in [0.717, 1.165) is 22.6 Å². The fourth-order valence-corrected chi connectivity index (χ4v) is 5.35. The summed E-state index contributed by atoms with van der Waals surface area (Å²) >= 11 is 3.08. The number of nitrogens with one attached hydrogen (secondary N) is 1. The van der Waals surface area contributed by atoms with Crippen molar-refractivity contribution >= 4 is 45.9 Å². The molecule has 1 aliphatic heterocycles. The van der Waals surface area contributed by atoms with Gasteiger partial charge in [0, 0.05) is 29.7 Å². The summed E-state index contributed by atoms with van der Waals surface area (Å²) in [6, 6.07) is 10.1. The summed E-state index contributed by atoms with van der Waals surface area (Å²) < 4.78 is 4.94. The second-order valence-corrected chi connectivity index (χ2v) is 8.98. The largest absolute Gasteiger partial charge is 0.465 e. The van der Waals surface area contributed by atoms with Crippen LogP contribution in [0.4, 0.5) is 5.00 Å². The smallest absolute Gasteiger partial charge is 0.341 e. The number of ether oxygens (including phenoxy) is 1. The molecule has 1 aliphatic rings. The van der Waals surface area contributed by atoms with E-state index in [-0.39, 0.29) is 11.8 Å². The predicted molar refractivity (Wildman–Crippen MR) is 115 cm³/mol. The average Bonchev–Trinajstić information content (AvgIpc) is 3.08. The monoisotopic (exact) mass is 432 g/mol. The first-order valence-corrected chi connectivity index (χ1v) is 11.3. The lowest BCUT2D eigenvalue weighted by atomic mass is 10.0. The minimum atomic E-state index is -0.450. The van der Waals surface area contributed by atoms with E-state index in [0.29, 0.717) is 36.5 Å². The molecule has 0 atom stereocenters. The van der Waals surface area contributed by atoms with Crippen LogP contribution < -0.4 is 5.32 Å². The van der Waals surface area contributed by atoms with Crippen molar-refractivity contribution in [2.45, 2.75) is 37.6 Å². The van der Waals surface area contributed by atoms with Crippen molar-refractivity contribution in [1.29, 1.82) is 0 Å². The van der Waals surface area contributed by atoms with Crippen LogP contribution in [0.1, 0.15) is 40.6 Å². The first kappa shape index (κ1) is 21.4. The summed E-state index contributed by atoms with van der Waals surface area (Å²) in [5.74, 6) is 0.278. The number of anilines is 1. The number of methoxy groups -OCH3 is 1. The van der Waals surface area contributed by atoms with Gasteiger partial charge in [0.15, 0.2) is 0 Å². The fraction of sp³-hybridized carbons (Fsp3) is 0.381. The molecular formula is C21H24N2O4S2. The van der Waals surface area contributed by atoms with E-state index in [9.17, 15) is 14.4 Å². The molecule has 0 unspecified atom stereocenters. The summed E-state index contributed by atoms with van der Waals surface area (Å²) in [7, 11) is 1.34. The van der Waals surface area contributed by atoms with Gasteiger partial charge in [0.2, 0.25) is 11.8 Å². The second-order valence-electron chi connectivity index (χ2n) is 6.70. The van der Waals surface area contributed by atoms with Gasteiger partial charge in [-0.05, 0) is 36.3 Å². The number of hydrogen-bond donors (Lipinski definition) is 1. The third-order valence-electron chi connectivity index (χ3n) is 4.70. The Kier molecular flexibility index (Phi) is 7.33. The number of thiophene rings is 1. The highest BCUT2D eigenvalue weighted by Crippen LogP contribution is 2.37. The minimum absolute atomic E-state index is 0.00479. The lowest BCUT2D eigenvalue weighted by Gasteiger charge is -2.25. The number of thioether (sulfide) groups is 1. The van der Waals surface area contributed by atoms with Crippen LogP contribution in [0.15, 0.2) is 35.2 Å². The molecule has 154 valence electrons. The van der Waals surface area contributed by atoms with Crippen LogP contribution >= 0.6 is 23.1 Å². The molecule has 8 heteroatoms. The maximum atomic E-state index is 12.4. The Bertz CT molecular complexity index is 896. The Morgan fingerprint density at radius 3 is 2.69 bits per heavy atom. The summed E-state index contributed by atoms with van der Waals surface area (Å²) in [6.07, 6.45) is 1.70. The number of hydrogen-bond acceptors (Lipinski definition) is 6. The van der Waals surface area contributed by atoms with Crippen LogP contribution in [-0.4, -0.2) is 42.1 Å². The maximum absolute atomic E-state index is 12.4. The Morgan fingerprint density at radius 2 is 2.00 bits per heavy atom. The molecule has 0 saturated heterocycles. The molecule has 3 rings (SSSR count). The lowest BCUT2D eigenvalue weighted by Crippen LogP contribution is -2.33. The molecule has 0 fully saturated rings. The number of carbonyl (C=O) groups is 3. The van der Waals surface area contributed by atoms with E-state index in [4.69, 9.17) is 4.74 Å². The molecule has 1 aromatic heterocycles. The highest BCUT2D eigenvalue weighted by Gasteiger charge is 2.29. The first-order valence-electron chi connectivity index (χ1n) is 9.45. The first-order chi connectivity index (χ1) is 14.0. The number of benzene rings is 1. The highest BCUT2D eigenvalue weighted by atomic mass is 32.2.